The van der Waals surface area contributed by atoms with Gasteiger partial charge in [-0.1, -0.05) is 11.6 Å². The zero-order valence-electron chi connectivity index (χ0n) is 10.6. The Kier molecular flexibility index (Phi) is 3.40. The number of hydrogen-bond acceptors (Lipinski definition) is 3. The Morgan fingerprint density at radius 1 is 1.15 bits per heavy atom. The number of rotatable bonds is 3. The van der Waals surface area contributed by atoms with Crippen molar-refractivity contribution in [2.45, 2.75) is 25.0 Å². The number of benzene rings is 1. The molecular formula is C14H14ClNO4. The highest BCUT2D eigenvalue weighted by Crippen LogP contribution is 2.44. The van der Waals surface area contributed by atoms with Crippen LogP contribution in [-0.4, -0.2) is 29.2 Å². The van der Waals surface area contributed by atoms with Crippen LogP contribution in [0.5, 0.6) is 0 Å². The van der Waals surface area contributed by atoms with Crippen LogP contribution >= 0.6 is 11.6 Å². The number of carboxylic acid groups (broad SMARTS) is 1. The molecule has 2 saturated heterocycles. The molecule has 1 aromatic rings. The summed E-state index contributed by atoms with van der Waals surface area (Å²) in [6.45, 7) is 0. The summed E-state index contributed by atoms with van der Waals surface area (Å²) in [5, 5.41) is 12.6. The van der Waals surface area contributed by atoms with Crippen LogP contribution in [0.2, 0.25) is 5.02 Å². The lowest BCUT2D eigenvalue weighted by Gasteiger charge is -2.23. The van der Waals surface area contributed by atoms with E-state index in [4.69, 9.17) is 16.3 Å². The van der Waals surface area contributed by atoms with E-state index in [1.807, 2.05) is 0 Å². The number of amides is 1. The lowest BCUT2D eigenvalue weighted by molar-refractivity contribution is -0.147. The second-order valence-corrected chi connectivity index (χ2v) is 5.61. The lowest BCUT2D eigenvalue weighted by Crippen LogP contribution is -2.40. The zero-order valence-corrected chi connectivity index (χ0v) is 11.3. The highest BCUT2D eigenvalue weighted by atomic mass is 35.5. The van der Waals surface area contributed by atoms with Gasteiger partial charge in [0, 0.05) is 10.7 Å². The third-order valence-corrected chi connectivity index (χ3v) is 4.22. The van der Waals surface area contributed by atoms with Gasteiger partial charge in [-0.15, -0.1) is 0 Å². The van der Waals surface area contributed by atoms with Crippen LogP contribution in [-0.2, 0) is 14.3 Å². The van der Waals surface area contributed by atoms with Gasteiger partial charge in [0.1, 0.15) is 0 Å². The summed E-state index contributed by atoms with van der Waals surface area (Å²) in [5.41, 5.74) is 0.603. The van der Waals surface area contributed by atoms with Crippen LogP contribution in [0.4, 0.5) is 5.69 Å². The van der Waals surface area contributed by atoms with Crippen LogP contribution < -0.4 is 5.32 Å². The molecule has 0 saturated carbocycles. The summed E-state index contributed by atoms with van der Waals surface area (Å²) >= 11 is 5.78. The Morgan fingerprint density at radius 3 is 2.35 bits per heavy atom. The lowest BCUT2D eigenvalue weighted by atomic mass is 9.78. The number of aliphatic carboxylic acids is 1. The van der Waals surface area contributed by atoms with Crippen molar-refractivity contribution in [2.75, 3.05) is 5.32 Å². The van der Waals surface area contributed by atoms with Crippen molar-refractivity contribution in [3.8, 4) is 0 Å². The molecule has 1 amide bonds. The first kappa shape index (κ1) is 13.4. The molecule has 2 heterocycles. The van der Waals surface area contributed by atoms with Crippen molar-refractivity contribution >= 4 is 29.2 Å². The molecule has 3 rings (SSSR count). The SMILES string of the molecule is O=C(O)[C@@H]1[C@H](C(=O)Nc2ccc(Cl)cc2)[C@@H]2CC[C@H]1O2. The smallest absolute Gasteiger partial charge is 0.310 e. The summed E-state index contributed by atoms with van der Waals surface area (Å²) in [6, 6.07) is 6.71. The summed E-state index contributed by atoms with van der Waals surface area (Å²) in [7, 11) is 0. The van der Waals surface area contributed by atoms with Gasteiger partial charge in [-0.05, 0) is 37.1 Å². The van der Waals surface area contributed by atoms with E-state index in [9.17, 15) is 14.7 Å². The van der Waals surface area contributed by atoms with Gasteiger partial charge in [0.25, 0.3) is 0 Å². The first-order chi connectivity index (χ1) is 9.56. The number of carbonyl (C=O) groups is 2. The van der Waals surface area contributed by atoms with E-state index < -0.39 is 17.8 Å². The number of anilines is 1. The van der Waals surface area contributed by atoms with E-state index in [1.54, 1.807) is 24.3 Å². The Balaban J connectivity index is 1.76. The quantitative estimate of drug-likeness (QED) is 0.896. The minimum Gasteiger partial charge on any atom is -0.481 e. The van der Waals surface area contributed by atoms with Crippen molar-refractivity contribution in [1.29, 1.82) is 0 Å². The van der Waals surface area contributed by atoms with Crippen LogP contribution in [0, 0.1) is 11.8 Å². The maximum absolute atomic E-state index is 12.3. The zero-order chi connectivity index (χ0) is 14.3. The van der Waals surface area contributed by atoms with Crippen LogP contribution in [0.3, 0.4) is 0 Å². The van der Waals surface area contributed by atoms with Crippen molar-refractivity contribution in [3.63, 3.8) is 0 Å². The Labute approximate surface area is 120 Å². The highest BCUT2D eigenvalue weighted by molar-refractivity contribution is 6.30. The van der Waals surface area contributed by atoms with Gasteiger partial charge in [-0.3, -0.25) is 9.59 Å². The number of carboxylic acids is 1. The molecule has 2 aliphatic heterocycles. The third-order valence-electron chi connectivity index (χ3n) is 3.97. The van der Waals surface area contributed by atoms with Gasteiger partial charge in [-0.2, -0.15) is 0 Å². The Hall–Kier alpha value is -1.59. The predicted octanol–water partition coefficient (Wildman–Crippen LogP) is 2.16. The monoisotopic (exact) mass is 295 g/mol. The van der Waals surface area contributed by atoms with E-state index in [0.29, 0.717) is 17.1 Å². The molecular weight excluding hydrogens is 282 g/mol. The number of nitrogens with one attached hydrogen (secondary N) is 1. The molecule has 5 nitrogen and oxygen atoms in total. The molecule has 106 valence electrons. The molecule has 2 N–H and O–H groups in total. The van der Waals surface area contributed by atoms with E-state index in [1.165, 1.54) is 0 Å². The number of halogens is 1. The molecule has 6 heteroatoms. The predicted molar refractivity (Wildman–Crippen MR) is 72.6 cm³/mol. The van der Waals surface area contributed by atoms with Gasteiger partial charge < -0.3 is 15.2 Å². The standard InChI is InChI=1S/C14H14ClNO4/c15-7-1-3-8(4-2-7)16-13(17)11-9-5-6-10(20-9)12(11)14(18)19/h1-4,9-12H,5-6H2,(H,16,17)(H,18,19)/t9-,10+,11+,12-/m0/s1. The van der Waals surface area contributed by atoms with E-state index >= 15 is 0 Å². The second kappa shape index (κ2) is 5.07. The van der Waals surface area contributed by atoms with Crippen molar-refractivity contribution < 1.29 is 19.4 Å². The first-order valence-electron chi connectivity index (χ1n) is 6.51. The fourth-order valence-corrected chi connectivity index (χ4v) is 3.21. The topological polar surface area (TPSA) is 75.6 Å². The maximum atomic E-state index is 12.3. The average molecular weight is 296 g/mol. The molecule has 20 heavy (non-hydrogen) atoms. The van der Waals surface area contributed by atoms with Crippen molar-refractivity contribution in [2.24, 2.45) is 11.8 Å². The van der Waals surface area contributed by atoms with Crippen molar-refractivity contribution in [1.82, 2.24) is 0 Å². The molecule has 1 aromatic carbocycles. The van der Waals surface area contributed by atoms with Crippen molar-refractivity contribution in [3.05, 3.63) is 29.3 Å². The summed E-state index contributed by atoms with van der Waals surface area (Å²) in [4.78, 5) is 23.6. The average Bonchev–Trinajstić information content (AvgIpc) is 3.01. The molecule has 0 radical (unpaired) electrons. The van der Waals surface area contributed by atoms with E-state index in [2.05, 4.69) is 5.32 Å². The van der Waals surface area contributed by atoms with Crippen LogP contribution in [0.1, 0.15) is 12.8 Å². The highest BCUT2D eigenvalue weighted by Gasteiger charge is 2.55. The Morgan fingerprint density at radius 2 is 1.75 bits per heavy atom. The number of hydrogen-bond donors (Lipinski definition) is 2. The minimum atomic E-state index is -0.964. The first-order valence-corrected chi connectivity index (χ1v) is 6.89. The third kappa shape index (κ3) is 2.27. The normalized spacial score (nSPS) is 31.2. The minimum absolute atomic E-state index is 0.284. The molecule has 4 atom stereocenters. The van der Waals surface area contributed by atoms with E-state index in [0.717, 1.165) is 6.42 Å². The number of carbonyl (C=O) groups excluding carboxylic acids is 1. The van der Waals surface area contributed by atoms with Crippen LogP contribution in [0.25, 0.3) is 0 Å². The second-order valence-electron chi connectivity index (χ2n) is 5.18. The molecule has 0 spiro atoms. The van der Waals surface area contributed by atoms with Crippen LogP contribution in [0.15, 0.2) is 24.3 Å². The molecule has 0 aromatic heterocycles. The Bertz CT molecular complexity index is 545. The molecule has 0 aliphatic carbocycles. The van der Waals surface area contributed by atoms with Gasteiger partial charge in [0.05, 0.1) is 24.0 Å². The summed E-state index contributed by atoms with van der Waals surface area (Å²) < 4.78 is 5.57. The largest absolute Gasteiger partial charge is 0.481 e. The van der Waals surface area contributed by atoms with Gasteiger partial charge in [-0.25, -0.2) is 0 Å². The fraction of sp³-hybridized carbons (Fsp3) is 0.429. The molecule has 0 unspecified atom stereocenters. The van der Waals surface area contributed by atoms with E-state index in [-0.39, 0.29) is 18.1 Å². The van der Waals surface area contributed by atoms with Gasteiger partial charge >= 0.3 is 5.97 Å². The van der Waals surface area contributed by atoms with Gasteiger partial charge in [0.2, 0.25) is 5.91 Å². The fourth-order valence-electron chi connectivity index (χ4n) is 3.08. The summed E-state index contributed by atoms with van der Waals surface area (Å²) in [5.74, 6) is -2.64. The maximum Gasteiger partial charge on any atom is 0.310 e. The molecule has 2 fully saturated rings. The summed E-state index contributed by atoms with van der Waals surface area (Å²) in [6.07, 6.45) is 0.839. The van der Waals surface area contributed by atoms with Gasteiger partial charge in [0.15, 0.2) is 0 Å². The molecule has 2 bridgehead atoms. The molecule has 2 aliphatic rings. The number of fused-ring (bicyclic) bond motifs is 2. The number of ether oxygens (including phenoxy) is 1.